The molecule has 0 aromatic heterocycles. The first-order valence-corrected chi connectivity index (χ1v) is 17.4. The third kappa shape index (κ3) is 8.19. The maximum Gasteiger partial charge on any atom is 0.264 e. The molecule has 0 spiro atoms. The van der Waals surface area contributed by atoms with Gasteiger partial charge in [-0.2, -0.15) is 0 Å². The lowest BCUT2D eigenvalue weighted by atomic mass is 10.0. The number of amides is 2. The zero-order chi connectivity index (χ0) is 33.4. The first kappa shape index (κ1) is 34.1. The van der Waals surface area contributed by atoms with E-state index in [0.29, 0.717) is 53.3 Å². The quantitative estimate of drug-likeness (QED) is 0.181. The first-order chi connectivity index (χ1) is 22.7. The minimum Gasteiger partial charge on any atom is -0.486 e. The summed E-state index contributed by atoms with van der Waals surface area (Å²) in [5.74, 6) is -0.198. The highest BCUT2D eigenvalue weighted by Crippen LogP contribution is 2.36. The first-order valence-electron chi connectivity index (χ1n) is 15.2. The second-order valence-electron chi connectivity index (χ2n) is 10.9. The van der Waals surface area contributed by atoms with E-state index in [4.69, 9.17) is 32.7 Å². The van der Waals surface area contributed by atoms with Crippen molar-refractivity contribution in [1.29, 1.82) is 0 Å². The number of anilines is 1. The van der Waals surface area contributed by atoms with E-state index >= 15 is 0 Å². The van der Waals surface area contributed by atoms with E-state index in [1.54, 1.807) is 48.5 Å². The Morgan fingerprint density at radius 3 is 2.15 bits per heavy atom. The van der Waals surface area contributed by atoms with Gasteiger partial charge < -0.3 is 19.7 Å². The molecule has 1 unspecified atom stereocenters. The van der Waals surface area contributed by atoms with Gasteiger partial charge in [-0.1, -0.05) is 84.7 Å². The monoisotopic (exact) mass is 695 g/mol. The molecule has 1 heterocycles. The van der Waals surface area contributed by atoms with Gasteiger partial charge in [0.25, 0.3) is 10.0 Å². The van der Waals surface area contributed by atoms with Crippen molar-refractivity contribution in [2.45, 2.75) is 37.2 Å². The van der Waals surface area contributed by atoms with Gasteiger partial charge in [0.1, 0.15) is 25.8 Å². The van der Waals surface area contributed by atoms with Crippen LogP contribution >= 0.6 is 23.2 Å². The third-order valence-corrected chi connectivity index (χ3v) is 10.1. The van der Waals surface area contributed by atoms with Crippen LogP contribution in [0.3, 0.4) is 0 Å². The van der Waals surface area contributed by atoms with Crippen LogP contribution < -0.4 is 19.1 Å². The van der Waals surface area contributed by atoms with Crippen LogP contribution in [0.25, 0.3) is 0 Å². The highest BCUT2D eigenvalue weighted by molar-refractivity contribution is 7.92. The maximum atomic E-state index is 14.6. The SMILES string of the molecule is CCCNC(=O)C(Cc1ccccc1)N(Cc1c(Cl)cccc1Cl)C(=O)CN(c1ccc2c(c1)OCCO2)S(=O)(=O)c1ccccc1. The molecule has 1 N–H and O–H groups in total. The molecular formula is C35H35Cl2N3O6S. The molecule has 0 fully saturated rings. The molecule has 47 heavy (non-hydrogen) atoms. The molecule has 4 aromatic rings. The lowest BCUT2D eigenvalue weighted by Crippen LogP contribution is -2.53. The van der Waals surface area contributed by atoms with Gasteiger partial charge in [0.2, 0.25) is 11.8 Å². The number of ether oxygens (including phenoxy) is 2. The van der Waals surface area contributed by atoms with Crippen molar-refractivity contribution < 1.29 is 27.5 Å². The van der Waals surface area contributed by atoms with E-state index in [1.165, 1.54) is 23.1 Å². The Kier molecular flexibility index (Phi) is 11.3. The molecule has 0 radical (unpaired) electrons. The van der Waals surface area contributed by atoms with Crippen LogP contribution in [0, 0.1) is 0 Å². The fourth-order valence-electron chi connectivity index (χ4n) is 5.21. The third-order valence-electron chi connectivity index (χ3n) is 7.63. The number of carbonyl (C=O) groups excluding carboxylic acids is 2. The fraction of sp³-hybridized carbons (Fsp3) is 0.257. The van der Waals surface area contributed by atoms with Crippen molar-refractivity contribution in [3.8, 4) is 11.5 Å². The summed E-state index contributed by atoms with van der Waals surface area (Å²) in [6.07, 6.45) is 0.848. The molecule has 0 bridgehead atoms. The van der Waals surface area contributed by atoms with Crippen LogP contribution in [-0.4, -0.2) is 57.5 Å². The van der Waals surface area contributed by atoms with Gasteiger partial charge in [-0.05, 0) is 48.4 Å². The average molecular weight is 697 g/mol. The highest BCUT2D eigenvalue weighted by atomic mass is 35.5. The zero-order valence-electron chi connectivity index (χ0n) is 25.8. The van der Waals surface area contributed by atoms with Gasteiger partial charge in [-0.15, -0.1) is 0 Å². The molecule has 4 aromatic carbocycles. The predicted octanol–water partition coefficient (Wildman–Crippen LogP) is 6.13. The van der Waals surface area contributed by atoms with Gasteiger partial charge in [0.05, 0.1) is 10.6 Å². The summed E-state index contributed by atoms with van der Waals surface area (Å²) in [7, 11) is -4.28. The van der Waals surface area contributed by atoms with E-state index in [-0.39, 0.29) is 29.5 Å². The fourth-order valence-corrected chi connectivity index (χ4v) is 7.15. The highest BCUT2D eigenvalue weighted by Gasteiger charge is 2.35. The maximum absolute atomic E-state index is 14.6. The molecule has 12 heteroatoms. The van der Waals surface area contributed by atoms with Gasteiger partial charge in [0, 0.05) is 41.2 Å². The lowest BCUT2D eigenvalue weighted by Gasteiger charge is -2.34. The van der Waals surface area contributed by atoms with Crippen LogP contribution in [-0.2, 0) is 32.6 Å². The van der Waals surface area contributed by atoms with Crippen LogP contribution in [0.15, 0.2) is 102 Å². The molecular weight excluding hydrogens is 661 g/mol. The summed E-state index contributed by atoms with van der Waals surface area (Å²) in [5.41, 5.74) is 1.44. The Morgan fingerprint density at radius 2 is 1.49 bits per heavy atom. The normalized spacial score (nSPS) is 13.0. The molecule has 0 saturated carbocycles. The number of nitrogens with one attached hydrogen (secondary N) is 1. The van der Waals surface area contributed by atoms with E-state index in [9.17, 15) is 18.0 Å². The number of hydrogen-bond donors (Lipinski definition) is 1. The van der Waals surface area contributed by atoms with Crippen molar-refractivity contribution in [2.75, 3.05) is 30.6 Å². The van der Waals surface area contributed by atoms with Crippen LogP contribution in [0.5, 0.6) is 11.5 Å². The second kappa shape index (κ2) is 15.6. The summed E-state index contributed by atoms with van der Waals surface area (Å²) >= 11 is 13.1. The molecule has 0 aliphatic carbocycles. The Hall–Kier alpha value is -4.25. The van der Waals surface area contributed by atoms with Gasteiger partial charge in [-0.25, -0.2) is 8.42 Å². The van der Waals surface area contributed by atoms with Crippen molar-refractivity contribution in [1.82, 2.24) is 10.2 Å². The largest absolute Gasteiger partial charge is 0.486 e. The summed E-state index contributed by atoms with van der Waals surface area (Å²) in [4.78, 5) is 29.8. The summed E-state index contributed by atoms with van der Waals surface area (Å²) < 4.78 is 40.9. The summed E-state index contributed by atoms with van der Waals surface area (Å²) in [5, 5.41) is 3.53. The van der Waals surface area contributed by atoms with Gasteiger partial charge in [0.15, 0.2) is 11.5 Å². The van der Waals surface area contributed by atoms with Crippen LogP contribution in [0.1, 0.15) is 24.5 Å². The topological polar surface area (TPSA) is 105 Å². The number of hydrogen-bond acceptors (Lipinski definition) is 6. The molecule has 5 rings (SSSR count). The molecule has 1 aliphatic rings. The van der Waals surface area contributed by atoms with Crippen molar-refractivity contribution >= 4 is 50.7 Å². The predicted molar refractivity (Wildman–Crippen MR) is 183 cm³/mol. The molecule has 9 nitrogen and oxygen atoms in total. The minimum atomic E-state index is -4.28. The van der Waals surface area contributed by atoms with Gasteiger partial charge in [-0.3, -0.25) is 13.9 Å². The van der Waals surface area contributed by atoms with Crippen LogP contribution in [0.2, 0.25) is 10.0 Å². The number of halogens is 2. The van der Waals surface area contributed by atoms with Crippen molar-refractivity contribution in [3.05, 3.63) is 118 Å². The van der Waals surface area contributed by atoms with Gasteiger partial charge >= 0.3 is 0 Å². The Balaban J connectivity index is 1.60. The molecule has 1 aliphatic heterocycles. The standard InChI is InChI=1S/C35H35Cl2N3O6S/c1-2-18-38-35(42)31(21-25-10-5-3-6-11-25)39(23-28-29(36)14-9-15-30(28)37)34(41)24-40(47(43,44)27-12-7-4-8-13-27)26-16-17-32-33(22-26)46-20-19-45-32/h3-17,22,31H,2,18-21,23-24H2,1H3,(H,38,42). The number of carbonyl (C=O) groups is 2. The van der Waals surface area contributed by atoms with E-state index in [2.05, 4.69) is 5.32 Å². The van der Waals surface area contributed by atoms with E-state index in [0.717, 1.165) is 9.87 Å². The average Bonchev–Trinajstić information content (AvgIpc) is 3.09. The number of nitrogens with zero attached hydrogens (tertiary/aromatic N) is 2. The van der Waals surface area contributed by atoms with Crippen LogP contribution in [0.4, 0.5) is 5.69 Å². The second-order valence-corrected chi connectivity index (χ2v) is 13.5. The summed E-state index contributed by atoms with van der Waals surface area (Å²) in [6.45, 7) is 2.20. The Labute approximate surface area is 285 Å². The molecule has 2 amide bonds. The molecule has 1 atom stereocenters. The summed E-state index contributed by atoms with van der Waals surface area (Å²) in [6, 6.07) is 25.8. The van der Waals surface area contributed by atoms with E-state index < -0.39 is 28.5 Å². The smallest absolute Gasteiger partial charge is 0.264 e. The number of benzene rings is 4. The minimum absolute atomic E-state index is 0.00934. The molecule has 0 saturated heterocycles. The van der Waals surface area contributed by atoms with E-state index in [1.807, 2.05) is 37.3 Å². The lowest BCUT2D eigenvalue weighted by molar-refractivity contribution is -0.140. The Bertz CT molecular complexity index is 1790. The number of fused-ring (bicyclic) bond motifs is 1. The zero-order valence-corrected chi connectivity index (χ0v) is 28.1. The Morgan fingerprint density at radius 1 is 0.851 bits per heavy atom. The molecule has 246 valence electrons. The number of rotatable bonds is 13. The van der Waals surface area contributed by atoms with Crippen molar-refractivity contribution in [2.24, 2.45) is 0 Å². The van der Waals surface area contributed by atoms with Crippen molar-refractivity contribution in [3.63, 3.8) is 0 Å². The number of sulfonamides is 1.